The third-order valence-electron chi connectivity index (χ3n) is 1.35. The van der Waals surface area contributed by atoms with Crippen molar-refractivity contribution in [2.45, 2.75) is 19.2 Å². The van der Waals surface area contributed by atoms with Crippen LogP contribution in [0.15, 0.2) is 4.99 Å². The Balaban J connectivity index is 2.67. The highest BCUT2D eigenvalue weighted by Crippen LogP contribution is 2.18. The smallest absolute Gasteiger partial charge is 0.188 e. The van der Waals surface area contributed by atoms with Crippen LogP contribution in [0, 0.1) is 0 Å². The van der Waals surface area contributed by atoms with Gasteiger partial charge in [-0.1, -0.05) is 6.92 Å². The van der Waals surface area contributed by atoms with Crippen molar-refractivity contribution in [1.29, 1.82) is 0 Å². The summed E-state index contributed by atoms with van der Waals surface area (Å²) >= 11 is 0. The van der Waals surface area contributed by atoms with Crippen molar-refractivity contribution in [2.75, 3.05) is 5.75 Å². The maximum atomic E-state index is 10.9. The summed E-state index contributed by atoms with van der Waals surface area (Å²) < 4.78 is 21.7. The molecule has 3 nitrogen and oxygen atoms in total. The predicted octanol–water partition coefficient (Wildman–Crippen LogP) is 0.222. The van der Waals surface area contributed by atoms with E-state index in [1.165, 1.54) is 0 Å². The monoisotopic (exact) mass is 147 g/mol. The van der Waals surface area contributed by atoms with E-state index in [1.807, 2.05) is 0 Å². The second-order valence-corrected chi connectivity index (χ2v) is 4.42. The Morgan fingerprint density at radius 2 is 2.11 bits per heavy atom. The molecule has 0 aromatic rings. The summed E-state index contributed by atoms with van der Waals surface area (Å²) in [5.41, 5.74) is 0.747. The van der Waals surface area contributed by atoms with Gasteiger partial charge in [-0.05, 0) is 6.92 Å². The minimum Gasteiger partial charge on any atom is -0.265 e. The van der Waals surface area contributed by atoms with Crippen LogP contribution in [-0.4, -0.2) is 25.3 Å². The number of hydrogen-bond donors (Lipinski definition) is 0. The molecule has 1 atom stereocenters. The molecule has 1 aliphatic heterocycles. The Morgan fingerprint density at radius 1 is 1.67 bits per heavy atom. The van der Waals surface area contributed by atoms with Crippen LogP contribution >= 0.6 is 0 Å². The lowest BCUT2D eigenvalue weighted by Crippen LogP contribution is -2.14. The molecule has 0 radical (unpaired) electrons. The van der Waals surface area contributed by atoms with Gasteiger partial charge in [-0.15, -0.1) is 0 Å². The van der Waals surface area contributed by atoms with Crippen LogP contribution in [0.1, 0.15) is 13.8 Å². The summed E-state index contributed by atoms with van der Waals surface area (Å²) in [5, 5.41) is -0.456. The van der Waals surface area contributed by atoms with Gasteiger partial charge in [0, 0.05) is 5.75 Å². The van der Waals surface area contributed by atoms with Crippen LogP contribution in [0.3, 0.4) is 0 Å². The summed E-state index contributed by atoms with van der Waals surface area (Å²) in [5.74, 6) is 0.193. The molecule has 0 saturated carbocycles. The molecular weight excluding hydrogens is 138 g/mol. The normalized spacial score (nSPS) is 25.6. The van der Waals surface area contributed by atoms with E-state index >= 15 is 0 Å². The molecule has 52 valence electrons. The molecule has 4 heteroatoms. The molecule has 0 N–H and O–H groups in total. The number of hydrogen-bond acceptors (Lipinski definition) is 3. The minimum atomic E-state index is -2.88. The molecule has 0 spiro atoms. The number of nitrogens with zero attached hydrogens (tertiary/aromatic N) is 1. The maximum Gasteiger partial charge on any atom is 0.188 e. The molecule has 0 fully saturated rings. The number of aliphatic imine (C=N–C) groups is 1. The lowest BCUT2D eigenvalue weighted by atomic mass is 10.6. The average molecular weight is 147 g/mol. The van der Waals surface area contributed by atoms with Crippen molar-refractivity contribution in [3.8, 4) is 0 Å². The average Bonchev–Trinajstić information content (AvgIpc) is 2.47. The summed E-state index contributed by atoms with van der Waals surface area (Å²) in [4.78, 5) is 3.73. The van der Waals surface area contributed by atoms with E-state index in [9.17, 15) is 8.42 Å². The van der Waals surface area contributed by atoms with E-state index in [2.05, 4.69) is 4.99 Å². The number of sulfone groups is 1. The molecule has 0 aromatic carbocycles. The van der Waals surface area contributed by atoms with Crippen LogP contribution in [-0.2, 0) is 9.84 Å². The van der Waals surface area contributed by atoms with E-state index in [0.29, 0.717) is 0 Å². The van der Waals surface area contributed by atoms with Gasteiger partial charge in [0.1, 0.15) is 0 Å². The highest BCUT2D eigenvalue weighted by Gasteiger charge is 2.35. The zero-order valence-electron chi connectivity index (χ0n) is 5.46. The first-order valence-corrected chi connectivity index (χ1v) is 4.55. The molecule has 0 aliphatic carbocycles. The molecule has 0 saturated heterocycles. The van der Waals surface area contributed by atoms with Gasteiger partial charge >= 0.3 is 0 Å². The Kier molecular flexibility index (Phi) is 1.35. The van der Waals surface area contributed by atoms with Gasteiger partial charge in [0.05, 0.1) is 5.71 Å². The van der Waals surface area contributed by atoms with Gasteiger partial charge < -0.3 is 0 Å². The van der Waals surface area contributed by atoms with Gasteiger partial charge in [-0.3, -0.25) is 4.99 Å². The Bertz CT molecular complexity index is 240. The van der Waals surface area contributed by atoms with Crippen LogP contribution in [0.5, 0.6) is 0 Å². The van der Waals surface area contributed by atoms with Crippen LogP contribution in [0.25, 0.3) is 0 Å². The second-order valence-electron chi connectivity index (χ2n) is 2.07. The van der Waals surface area contributed by atoms with Crippen LogP contribution in [0.4, 0.5) is 0 Å². The highest BCUT2D eigenvalue weighted by molar-refractivity contribution is 7.93. The van der Waals surface area contributed by atoms with Crippen molar-refractivity contribution in [3.05, 3.63) is 0 Å². The fraction of sp³-hybridized carbons (Fsp3) is 0.800. The molecule has 0 amide bonds. The van der Waals surface area contributed by atoms with E-state index in [4.69, 9.17) is 0 Å². The van der Waals surface area contributed by atoms with Crippen LogP contribution < -0.4 is 0 Å². The van der Waals surface area contributed by atoms with Crippen molar-refractivity contribution >= 4 is 15.5 Å². The first-order chi connectivity index (χ1) is 4.08. The lowest BCUT2D eigenvalue weighted by Gasteiger charge is -1.92. The Hall–Kier alpha value is -0.380. The molecule has 9 heavy (non-hydrogen) atoms. The molecule has 0 aromatic heterocycles. The molecule has 0 bridgehead atoms. The fourth-order valence-corrected chi connectivity index (χ4v) is 1.81. The summed E-state index contributed by atoms with van der Waals surface area (Å²) in [6, 6.07) is 0. The SMILES string of the molecule is CCS(=O)(=O)C1N=C1C. The van der Waals surface area contributed by atoms with Crippen molar-refractivity contribution < 1.29 is 8.42 Å². The summed E-state index contributed by atoms with van der Waals surface area (Å²) in [7, 11) is -2.88. The van der Waals surface area contributed by atoms with Gasteiger partial charge in [0.2, 0.25) is 0 Å². The van der Waals surface area contributed by atoms with Gasteiger partial charge in [0.25, 0.3) is 0 Å². The van der Waals surface area contributed by atoms with Gasteiger partial charge in [-0.2, -0.15) is 0 Å². The highest BCUT2D eigenvalue weighted by atomic mass is 32.2. The van der Waals surface area contributed by atoms with Crippen molar-refractivity contribution in [3.63, 3.8) is 0 Å². The second kappa shape index (κ2) is 1.80. The largest absolute Gasteiger partial charge is 0.265 e. The van der Waals surface area contributed by atoms with Crippen molar-refractivity contribution in [2.24, 2.45) is 4.99 Å². The van der Waals surface area contributed by atoms with E-state index in [0.717, 1.165) is 5.71 Å². The molecular formula is C5H9NO2S. The lowest BCUT2D eigenvalue weighted by molar-refractivity contribution is 0.596. The Labute approximate surface area is 54.7 Å². The molecule has 1 rings (SSSR count). The third kappa shape index (κ3) is 1.13. The van der Waals surface area contributed by atoms with Gasteiger partial charge in [-0.25, -0.2) is 8.42 Å². The van der Waals surface area contributed by atoms with E-state index in [1.54, 1.807) is 13.8 Å². The quantitative estimate of drug-likeness (QED) is 0.561. The maximum absolute atomic E-state index is 10.9. The Morgan fingerprint density at radius 3 is 2.22 bits per heavy atom. The van der Waals surface area contributed by atoms with Gasteiger partial charge in [0.15, 0.2) is 15.2 Å². The topological polar surface area (TPSA) is 46.5 Å². The first-order valence-electron chi connectivity index (χ1n) is 2.84. The molecule has 1 aliphatic rings. The molecule has 1 heterocycles. The standard InChI is InChI=1S/C5H9NO2S/c1-3-9(7,8)5-4(2)6-5/h5H,3H2,1-2H3. The third-order valence-corrected chi connectivity index (χ3v) is 3.28. The van der Waals surface area contributed by atoms with E-state index in [-0.39, 0.29) is 5.75 Å². The first kappa shape index (κ1) is 6.74. The summed E-state index contributed by atoms with van der Waals surface area (Å²) in [6.45, 7) is 3.37. The van der Waals surface area contributed by atoms with Crippen molar-refractivity contribution in [1.82, 2.24) is 0 Å². The predicted molar refractivity (Wildman–Crippen MR) is 36.4 cm³/mol. The summed E-state index contributed by atoms with van der Waals surface area (Å²) in [6.07, 6.45) is 0. The zero-order valence-corrected chi connectivity index (χ0v) is 6.27. The molecule has 1 unspecified atom stereocenters. The van der Waals surface area contributed by atoms with Crippen LogP contribution in [0.2, 0.25) is 0 Å². The minimum absolute atomic E-state index is 0.193. The fourth-order valence-electron chi connectivity index (χ4n) is 0.646. The van der Waals surface area contributed by atoms with E-state index < -0.39 is 15.2 Å². The zero-order chi connectivity index (χ0) is 7.07. The number of rotatable bonds is 2.